The van der Waals surface area contributed by atoms with Crippen LogP contribution in [0, 0.1) is 0 Å². The molecule has 84 valence electrons. The van der Waals surface area contributed by atoms with Gasteiger partial charge >= 0.3 is 0 Å². The fourth-order valence-electron chi connectivity index (χ4n) is 1.43. The van der Waals surface area contributed by atoms with Gasteiger partial charge in [0.15, 0.2) is 0 Å². The molecule has 2 rings (SSSR count). The number of rotatable bonds is 4. The third kappa shape index (κ3) is 2.04. The molecule has 0 radical (unpaired) electrons. The first-order chi connectivity index (χ1) is 7.85. The molecule has 1 aromatic heterocycles. The van der Waals surface area contributed by atoms with Crippen LogP contribution >= 0.6 is 0 Å². The van der Waals surface area contributed by atoms with Crippen molar-refractivity contribution in [1.29, 1.82) is 0 Å². The zero-order valence-electron chi connectivity index (χ0n) is 9.00. The third-order valence-corrected chi connectivity index (χ3v) is 2.17. The summed E-state index contributed by atoms with van der Waals surface area (Å²) in [7, 11) is 0. The lowest BCUT2D eigenvalue weighted by Gasteiger charge is -2.06. The molecular formula is C11H13N3O2. The number of hydrogen-bond acceptors (Lipinski definition) is 4. The molecule has 2 aromatic rings. The number of hydrogen-bond donors (Lipinski definition) is 1. The van der Waals surface area contributed by atoms with Gasteiger partial charge in [-0.15, -0.1) is 5.10 Å². The number of aliphatic hydroxyl groups excluding tert-OH is 1. The molecule has 0 spiro atoms. The Kier molecular flexibility index (Phi) is 3.16. The summed E-state index contributed by atoms with van der Waals surface area (Å²) in [4.78, 5) is 0. The summed E-state index contributed by atoms with van der Waals surface area (Å²) in [6.45, 7) is 2.50. The Morgan fingerprint density at radius 2 is 2.06 bits per heavy atom. The van der Waals surface area contributed by atoms with Crippen molar-refractivity contribution in [2.45, 2.75) is 13.5 Å². The number of aromatic nitrogens is 3. The van der Waals surface area contributed by atoms with Crippen LogP contribution in [0.3, 0.4) is 0 Å². The molecule has 5 heteroatoms. The van der Waals surface area contributed by atoms with Crippen LogP contribution in [0.2, 0.25) is 0 Å². The Morgan fingerprint density at radius 1 is 1.31 bits per heavy atom. The molecule has 1 heterocycles. The summed E-state index contributed by atoms with van der Waals surface area (Å²) >= 11 is 0. The zero-order chi connectivity index (χ0) is 11.4. The molecule has 0 aliphatic rings. The monoisotopic (exact) mass is 219 g/mol. The fraction of sp³-hybridized carbons (Fsp3) is 0.273. The maximum absolute atomic E-state index is 9.08. The minimum absolute atomic E-state index is 0.0831. The van der Waals surface area contributed by atoms with Crippen LogP contribution in [-0.2, 0) is 6.61 Å². The van der Waals surface area contributed by atoms with E-state index in [1.807, 2.05) is 31.2 Å². The zero-order valence-corrected chi connectivity index (χ0v) is 9.00. The average Bonchev–Trinajstić information content (AvgIpc) is 2.78. The molecule has 1 N–H and O–H groups in total. The molecule has 0 fully saturated rings. The fourth-order valence-corrected chi connectivity index (χ4v) is 1.43. The van der Waals surface area contributed by atoms with Gasteiger partial charge in [-0.05, 0) is 31.2 Å². The van der Waals surface area contributed by atoms with Gasteiger partial charge in [0.05, 0.1) is 30.8 Å². The van der Waals surface area contributed by atoms with Gasteiger partial charge in [0.2, 0.25) is 0 Å². The predicted molar refractivity (Wildman–Crippen MR) is 58.5 cm³/mol. The lowest BCUT2D eigenvalue weighted by molar-refractivity contribution is 0.273. The lowest BCUT2D eigenvalue weighted by atomic mass is 10.3. The number of benzene rings is 1. The van der Waals surface area contributed by atoms with E-state index in [-0.39, 0.29) is 6.61 Å². The second kappa shape index (κ2) is 4.76. The Bertz CT molecular complexity index is 451. The van der Waals surface area contributed by atoms with Gasteiger partial charge in [-0.1, -0.05) is 5.21 Å². The molecular weight excluding hydrogens is 206 g/mol. The van der Waals surface area contributed by atoms with Crippen molar-refractivity contribution < 1.29 is 9.84 Å². The summed E-state index contributed by atoms with van der Waals surface area (Å²) in [6.07, 6.45) is 1.54. The second-order valence-corrected chi connectivity index (χ2v) is 3.22. The first kappa shape index (κ1) is 10.6. The quantitative estimate of drug-likeness (QED) is 0.838. The Morgan fingerprint density at radius 3 is 2.69 bits per heavy atom. The first-order valence-corrected chi connectivity index (χ1v) is 5.09. The molecule has 0 aliphatic carbocycles. The van der Waals surface area contributed by atoms with Crippen molar-refractivity contribution in [3.63, 3.8) is 0 Å². The minimum atomic E-state index is -0.0831. The number of aliphatic hydroxyl groups is 1. The molecule has 0 saturated carbocycles. The van der Waals surface area contributed by atoms with Crippen LogP contribution in [0.25, 0.3) is 5.69 Å². The maximum atomic E-state index is 9.08. The molecule has 16 heavy (non-hydrogen) atoms. The molecule has 0 amide bonds. The van der Waals surface area contributed by atoms with E-state index in [1.54, 1.807) is 4.68 Å². The van der Waals surface area contributed by atoms with E-state index in [0.29, 0.717) is 12.3 Å². The van der Waals surface area contributed by atoms with Crippen LogP contribution in [-0.4, -0.2) is 26.7 Å². The van der Waals surface area contributed by atoms with Crippen molar-refractivity contribution in [3.8, 4) is 11.4 Å². The second-order valence-electron chi connectivity index (χ2n) is 3.22. The number of nitrogens with zero attached hydrogens (tertiary/aromatic N) is 3. The highest BCUT2D eigenvalue weighted by atomic mass is 16.5. The summed E-state index contributed by atoms with van der Waals surface area (Å²) in [6, 6.07) is 7.47. The lowest BCUT2D eigenvalue weighted by Crippen LogP contribution is -2.02. The van der Waals surface area contributed by atoms with Crippen LogP contribution in [0.15, 0.2) is 30.5 Å². The van der Waals surface area contributed by atoms with Crippen molar-refractivity contribution in [2.75, 3.05) is 6.61 Å². The standard InChI is InChI=1S/C11H13N3O2/c1-2-16-11-5-3-9(4-6-11)14-10(8-15)7-12-13-14/h3-7,15H,2,8H2,1H3. The van der Waals surface area contributed by atoms with Crippen LogP contribution in [0.4, 0.5) is 0 Å². The van der Waals surface area contributed by atoms with Gasteiger partial charge in [0.1, 0.15) is 5.75 Å². The molecule has 5 nitrogen and oxygen atoms in total. The maximum Gasteiger partial charge on any atom is 0.119 e. The molecule has 0 saturated heterocycles. The van der Waals surface area contributed by atoms with Crippen LogP contribution < -0.4 is 4.74 Å². The summed E-state index contributed by atoms with van der Waals surface area (Å²) in [5, 5.41) is 16.7. The Balaban J connectivity index is 2.27. The first-order valence-electron chi connectivity index (χ1n) is 5.09. The van der Waals surface area contributed by atoms with Crippen molar-refractivity contribution in [1.82, 2.24) is 15.0 Å². The summed E-state index contributed by atoms with van der Waals surface area (Å²) in [5.74, 6) is 0.817. The van der Waals surface area contributed by atoms with Gasteiger partial charge in [-0.2, -0.15) is 0 Å². The van der Waals surface area contributed by atoms with Crippen LogP contribution in [0.5, 0.6) is 5.75 Å². The van der Waals surface area contributed by atoms with Gasteiger partial charge in [0.25, 0.3) is 0 Å². The van der Waals surface area contributed by atoms with Gasteiger partial charge in [-0.25, -0.2) is 4.68 Å². The minimum Gasteiger partial charge on any atom is -0.494 e. The molecule has 0 bridgehead atoms. The number of ether oxygens (including phenoxy) is 1. The van der Waals surface area contributed by atoms with Crippen molar-refractivity contribution >= 4 is 0 Å². The van der Waals surface area contributed by atoms with E-state index in [4.69, 9.17) is 9.84 Å². The van der Waals surface area contributed by atoms with E-state index < -0.39 is 0 Å². The molecule has 0 aliphatic heterocycles. The topological polar surface area (TPSA) is 60.2 Å². The largest absolute Gasteiger partial charge is 0.494 e. The highest BCUT2D eigenvalue weighted by Gasteiger charge is 2.04. The van der Waals surface area contributed by atoms with Crippen molar-refractivity contribution in [2.24, 2.45) is 0 Å². The van der Waals surface area contributed by atoms with Crippen molar-refractivity contribution in [3.05, 3.63) is 36.2 Å². The van der Waals surface area contributed by atoms with Gasteiger partial charge in [0, 0.05) is 0 Å². The Labute approximate surface area is 93.3 Å². The average molecular weight is 219 g/mol. The predicted octanol–water partition coefficient (Wildman–Crippen LogP) is 1.16. The molecule has 0 atom stereocenters. The van der Waals surface area contributed by atoms with E-state index in [1.165, 1.54) is 6.20 Å². The smallest absolute Gasteiger partial charge is 0.119 e. The van der Waals surface area contributed by atoms with Crippen LogP contribution in [0.1, 0.15) is 12.6 Å². The highest BCUT2D eigenvalue weighted by Crippen LogP contribution is 2.15. The van der Waals surface area contributed by atoms with E-state index in [2.05, 4.69) is 10.3 Å². The summed E-state index contributed by atoms with van der Waals surface area (Å²) < 4.78 is 6.93. The highest BCUT2D eigenvalue weighted by molar-refractivity contribution is 5.37. The van der Waals surface area contributed by atoms with E-state index >= 15 is 0 Å². The summed E-state index contributed by atoms with van der Waals surface area (Å²) in [5.41, 5.74) is 1.51. The molecule has 1 aromatic carbocycles. The van der Waals surface area contributed by atoms with E-state index in [0.717, 1.165) is 11.4 Å². The van der Waals surface area contributed by atoms with Gasteiger partial charge < -0.3 is 9.84 Å². The van der Waals surface area contributed by atoms with Gasteiger partial charge in [-0.3, -0.25) is 0 Å². The SMILES string of the molecule is CCOc1ccc(-n2nncc2CO)cc1. The normalized spacial score (nSPS) is 10.4. The van der Waals surface area contributed by atoms with E-state index in [9.17, 15) is 0 Å². The third-order valence-electron chi connectivity index (χ3n) is 2.17. The molecule has 0 unspecified atom stereocenters. The Hall–Kier alpha value is -1.88.